The van der Waals surface area contributed by atoms with E-state index < -0.39 is 0 Å². The van der Waals surface area contributed by atoms with Gasteiger partial charge in [0.2, 0.25) is 0 Å². The molecular weight excluding hydrogens is 330 g/mol. The predicted octanol–water partition coefficient (Wildman–Crippen LogP) is 4.05. The van der Waals surface area contributed by atoms with Gasteiger partial charge in [-0.1, -0.05) is 13.8 Å². The second-order valence-electron chi connectivity index (χ2n) is 5.41. The Morgan fingerprint density at radius 3 is 2.81 bits per heavy atom. The zero-order valence-corrected chi connectivity index (χ0v) is 14.3. The molecule has 2 aromatic rings. The summed E-state index contributed by atoms with van der Waals surface area (Å²) in [5.74, 6) is 0.458. The Labute approximate surface area is 134 Å². The van der Waals surface area contributed by atoms with Gasteiger partial charge in [0.05, 0.1) is 23.9 Å². The third-order valence-corrected chi connectivity index (χ3v) is 3.93. The fraction of sp³-hybridized carbons (Fsp3) is 0.438. The molecule has 0 aliphatic rings. The number of pyridine rings is 1. The van der Waals surface area contributed by atoms with Crippen LogP contribution in [0.5, 0.6) is 0 Å². The topological polar surface area (TPSA) is 60.2 Å². The third-order valence-electron chi connectivity index (χ3n) is 3.50. The molecule has 2 rings (SSSR count). The predicted molar refractivity (Wildman–Crippen MR) is 92.6 cm³/mol. The number of benzene rings is 1. The van der Waals surface area contributed by atoms with Gasteiger partial charge in [0.15, 0.2) is 0 Å². The molecule has 0 aliphatic heterocycles. The maximum absolute atomic E-state index is 6.05. The van der Waals surface area contributed by atoms with E-state index in [1.807, 2.05) is 25.1 Å². The first kappa shape index (κ1) is 16.0. The summed E-state index contributed by atoms with van der Waals surface area (Å²) in [6, 6.07) is 6.13. The number of hydrogen-bond donors (Lipinski definition) is 2. The molecule has 0 aliphatic carbocycles. The van der Waals surface area contributed by atoms with Crippen LogP contribution in [0, 0.1) is 5.92 Å². The molecule has 3 N–H and O–H groups in total. The Kier molecular flexibility index (Phi) is 5.42. The number of nitrogen functional groups attached to an aromatic ring is 1. The van der Waals surface area contributed by atoms with Gasteiger partial charge in [-0.3, -0.25) is 4.98 Å². The highest BCUT2D eigenvalue weighted by atomic mass is 79.9. The molecule has 1 aromatic heterocycles. The number of ether oxygens (including phenoxy) is 1. The van der Waals surface area contributed by atoms with Crippen molar-refractivity contribution in [3.63, 3.8) is 0 Å². The van der Waals surface area contributed by atoms with E-state index in [9.17, 15) is 0 Å². The smallest absolute Gasteiger partial charge is 0.0954 e. The SMILES string of the molecule is CCOCC(Nc1ccc(N)c2cc(Br)cnc12)C(C)C. The Balaban J connectivity index is 2.35. The van der Waals surface area contributed by atoms with Crippen molar-refractivity contribution in [2.45, 2.75) is 26.8 Å². The molecule has 5 heteroatoms. The minimum atomic E-state index is 0.238. The van der Waals surface area contributed by atoms with Gasteiger partial charge in [0.1, 0.15) is 0 Å². The number of fused-ring (bicyclic) bond motifs is 1. The highest BCUT2D eigenvalue weighted by Crippen LogP contribution is 2.29. The summed E-state index contributed by atoms with van der Waals surface area (Å²) in [5.41, 5.74) is 8.66. The van der Waals surface area contributed by atoms with Gasteiger partial charge in [0, 0.05) is 28.4 Å². The lowest BCUT2D eigenvalue weighted by molar-refractivity contribution is 0.127. The fourth-order valence-corrected chi connectivity index (χ4v) is 2.51. The lowest BCUT2D eigenvalue weighted by Gasteiger charge is -2.24. The second kappa shape index (κ2) is 7.09. The molecule has 0 bridgehead atoms. The van der Waals surface area contributed by atoms with Crippen LogP contribution in [0.25, 0.3) is 10.9 Å². The summed E-state index contributed by atoms with van der Waals surface area (Å²) >= 11 is 3.44. The average molecular weight is 352 g/mol. The lowest BCUT2D eigenvalue weighted by atomic mass is 10.0. The fourth-order valence-electron chi connectivity index (χ4n) is 2.18. The van der Waals surface area contributed by atoms with E-state index in [2.05, 4.69) is 40.1 Å². The molecule has 114 valence electrons. The zero-order valence-electron chi connectivity index (χ0n) is 12.7. The van der Waals surface area contributed by atoms with E-state index in [0.717, 1.165) is 33.4 Å². The van der Waals surface area contributed by atoms with E-state index in [4.69, 9.17) is 10.5 Å². The summed E-state index contributed by atoms with van der Waals surface area (Å²) in [5, 5.41) is 4.50. The van der Waals surface area contributed by atoms with Crippen LogP contribution in [0.15, 0.2) is 28.9 Å². The number of halogens is 1. The van der Waals surface area contributed by atoms with Crippen LogP contribution in [0.3, 0.4) is 0 Å². The summed E-state index contributed by atoms with van der Waals surface area (Å²) in [6.07, 6.45) is 1.79. The largest absolute Gasteiger partial charge is 0.398 e. The molecule has 0 fully saturated rings. The van der Waals surface area contributed by atoms with Crippen LogP contribution in [0.1, 0.15) is 20.8 Å². The van der Waals surface area contributed by atoms with E-state index in [1.54, 1.807) is 6.20 Å². The molecule has 0 spiro atoms. The van der Waals surface area contributed by atoms with Crippen LogP contribution < -0.4 is 11.1 Å². The van der Waals surface area contributed by atoms with E-state index in [0.29, 0.717) is 12.5 Å². The normalized spacial score (nSPS) is 12.8. The van der Waals surface area contributed by atoms with Crippen molar-refractivity contribution < 1.29 is 4.74 Å². The quantitative estimate of drug-likeness (QED) is 0.770. The monoisotopic (exact) mass is 351 g/mol. The van der Waals surface area contributed by atoms with Crippen molar-refractivity contribution in [2.24, 2.45) is 5.92 Å². The Hall–Kier alpha value is -1.33. The maximum Gasteiger partial charge on any atom is 0.0954 e. The van der Waals surface area contributed by atoms with Crippen molar-refractivity contribution in [3.8, 4) is 0 Å². The van der Waals surface area contributed by atoms with Crippen molar-refractivity contribution in [1.29, 1.82) is 0 Å². The number of rotatable bonds is 6. The minimum absolute atomic E-state index is 0.238. The van der Waals surface area contributed by atoms with Crippen LogP contribution in [-0.4, -0.2) is 24.2 Å². The van der Waals surface area contributed by atoms with Crippen molar-refractivity contribution in [1.82, 2.24) is 4.98 Å². The molecule has 0 saturated heterocycles. The number of hydrogen-bond acceptors (Lipinski definition) is 4. The summed E-state index contributed by atoms with van der Waals surface area (Å²) in [4.78, 5) is 4.50. The average Bonchev–Trinajstić information content (AvgIpc) is 2.45. The van der Waals surface area contributed by atoms with Gasteiger partial charge in [-0.25, -0.2) is 0 Å². The molecular formula is C16H22BrN3O. The molecule has 21 heavy (non-hydrogen) atoms. The molecule has 1 aromatic carbocycles. The van der Waals surface area contributed by atoms with E-state index in [1.165, 1.54) is 0 Å². The Morgan fingerprint density at radius 1 is 1.38 bits per heavy atom. The third kappa shape index (κ3) is 3.86. The Bertz CT molecular complexity index is 616. The van der Waals surface area contributed by atoms with Gasteiger partial charge < -0.3 is 15.8 Å². The van der Waals surface area contributed by atoms with Crippen LogP contribution in [0.4, 0.5) is 11.4 Å². The summed E-state index contributed by atoms with van der Waals surface area (Å²) in [6.45, 7) is 7.77. The standard InChI is InChI=1S/C16H22BrN3O/c1-4-21-9-15(10(2)3)20-14-6-5-13(18)12-7-11(17)8-19-16(12)14/h5-8,10,15,20H,4,9,18H2,1-3H3. The van der Waals surface area contributed by atoms with Crippen molar-refractivity contribution in [2.75, 3.05) is 24.3 Å². The Morgan fingerprint density at radius 2 is 2.14 bits per heavy atom. The van der Waals surface area contributed by atoms with Gasteiger partial charge in [-0.15, -0.1) is 0 Å². The van der Waals surface area contributed by atoms with Gasteiger partial charge >= 0.3 is 0 Å². The number of nitrogens with two attached hydrogens (primary N) is 1. The molecule has 0 radical (unpaired) electrons. The van der Waals surface area contributed by atoms with Gasteiger partial charge in [-0.05, 0) is 47.0 Å². The van der Waals surface area contributed by atoms with Crippen LogP contribution >= 0.6 is 15.9 Å². The van der Waals surface area contributed by atoms with E-state index in [-0.39, 0.29) is 6.04 Å². The molecule has 1 atom stereocenters. The highest BCUT2D eigenvalue weighted by Gasteiger charge is 2.15. The maximum atomic E-state index is 6.05. The second-order valence-corrected chi connectivity index (χ2v) is 6.32. The molecule has 0 saturated carbocycles. The summed E-state index contributed by atoms with van der Waals surface area (Å²) < 4.78 is 6.49. The number of nitrogens with zero attached hydrogens (tertiary/aromatic N) is 1. The van der Waals surface area contributed by atoms with Gasteiger partial charge in [-0.2, -0.15) is 0 Å². The minimum Gasteiger partial charge on any atom is -0.398 e. The highest BCUT2D eigenvalue weighted by molar-refractivity contribution is 9.10. The van der Waals surface area contributed by atoms with Crippen molar-refractivity contribution in [3.05, 3.63) is 28.9 Å². The number of anilines is 2. The first-order valence-electron chi connectivity index (χ1n) is 7.21. The molecule has 1 unspecified atom stereocenters. The van der Waals surface area contributed by atoms with E-state index >= 15 is 0 Å². The van der Waals surface area contributed by atoms with Gasteiger partial charge in [0.25, 0.3) is 0 Å². The van der Waals surface area contributed by atoms with Crippen LogP contribution in [-0.2, 0) is 4.74 Å². The first-order chi connectivity index (χ1) is 10.0. The number of aromatic nitrogens is 1. The molecule has 4 nitrogen and oxygen atoms in total. The van der Waals surface area contributed by atoms with Crippen LogP contribution in [0.2, 0.25) is 0 Å². The zero-order chi connectivity index (χ0) is 15.4. The summed E-state index contributed by atoms with van der Waals surface area (Å²) in [7, 11) is 0. The van der Waals surface area contributed by atoms with Crippen molar-refractivity contribution >= 4 is 38.2 Å². The molecule has 0 amide bonds. The lowest BCUT2D eigenvalue weighted by Crippen LogP contribution is -2.31. The molecule has 1 heterocycles. The number of nitrogens with one attached hydrogen (secondary N) is 1. The first-order valence-corrected chi connectivity index (χ1v) is 8.00.